The van der Waals surface area contributed by atoms with Crippen molar-refractivity contribution in [3.05, 3.63) is 11.7 Å². The Balaban J connectivity index is 1.62. The molecule has 0 radical (unpaired) electrons. The van der Waals surface area contributed by atoms with Crippen LogP contribution < -0.4 is 0 Å². The number of Topliss-reactive ketones (excluding diaryl/α,β-unsaturated/α-hetero) is 1. The van der Waals surface area contributed by atoms with Crippen LogP contribution in [0.25, 0.3) is 0 Å². The number of rotatable bonds is 4. The summed E-state index contributed by atoms with van der Waals surface area (Å²) in [6.07, 6.45) is 2.23. The van der Waals surface area contributed by atoms with Crippen LogP contribution in [0, 0.1) is 5.92 Å². The van der Waals surface area contributed by atoms with E-state index in [-0.39, 0.29) is 24.2 Å². The quantitative estimate of drug-likeness (QED) is 0.809. The molecule has 1 saturated heterocycles. The lowest BCUT2D eigenvalue weighted by Gasteiger charge is -2.18. The van der Waals surface area contributed by atoms with Crippen molar-refractivity contribution in [2.24, 2.45) is 5.92 Å². The highest BCUT2D eigenvalue weighted by atomic mass is 32.2. The van der Waals surface area contributed by atoms with Crippen LogP contribution in [-0.2, 0) is 16.0 Å². The molecular weight excluding hydrogens is 240 g/mol. The van der Waals surface area contributed by atoms with Gasteiger partial charge < -0.3 is 9.26 Å². The molecule has 0 N–H and O–H groups in total. The molecule has 0 amide bonds. The molecule has 6 heteroatoms. The van der Waals surface area contributed by atoms with Gasteiger partial charge in [-0.05, 0) is 12.8 Å². The lowest BCUT2D eigenvalue weighted by Crippen LogP contribution is -2.16. The van der Waals surface area contributed by atoms with E-state index in [0.29, 0.717) is 11.7 Å². The van der Waals surface area contributed by atoms with E-state index in [4.69, 9.17) is 9.26 Å². The fourth-order valence-electron chi connectivity index (χ4n) is 1.81. The average molecular weight is 254 g/mol. The molecule has 2 fully saturated rings. The maximum Gasteiger partial charge on any atom is 0.234 e. The van der Waals surface area contributed by atoms with Gasteiger partial charge in [-0.2, -0.15) is 16.7 Å². The summed E-state index contributed by atoms with van der Waals surface area (Å²) in [5.41, 5.74) is 0. The largest absolute Gasteiger partial charge is 0.368 e. The second kappa shape index (κ2) is 4.78. The fourth-order valence-corrected chi connectivity index (χ4v) is 2.65. The van der Waals surface area contributed by atoms with Crippen LogP contribution >= 0.6 is 11.8 Å². The van der Waals surface area contributed by atoms with Crippen molar-refractivity contribution in [3.8, 4) is 0 Å². The van der Waals surface area contributed by atoms with E-state index in [1.165, 1.54) is 0 Å². The van der Waals surface area contributed by atoms with Crippen molar-refractivity contribution < 1.29 is 14.1 Å². The lowest BCUT2D eigenvalue weighted by atomic mass is 10.2. The van der Waals surface area contributed by atoms with Gasteiger partial charge in [0.25, 0.3) is 0 Å². The van der Waals surface area contributed by atoms with E-state index in [9.17, 15) is 4.79 Å². The molecular formula is C11H14N2O3S. The standard InChI is InChI=1S/C11H14N2O3S/c14-8(7-1-2-7)5-10-12-11(13-16-10)9-6-17-4-3-15-9/h7,9H,1-6H2. The number of hydrogen-bond acceptors (Lipinski definition) is 6. The van der Waals surface area contributed by atoms with Crippen LogP contribution in [0.3, 0.4) is 0 Å². The van der Waals surface area contributed by atoms with Gasteiger partial charge in [-0.3, -0.25) is 4.79 Å². The van der Waals surface area contributed by atoms with Crippen LogP contribution in [-0.4, -0.2) is 34.0 Å². The van der Waals surface area contributed by atoms with Crippen molar-refractivity contribution in [1.82, 2.24) is 10.1 Å². The molecule has 1 unspecified atom stereocenters. The Hall–Kier alpha value is -0.880. The summed E-state index contributed by atoms with van der Waals surface area (Å²) in [6, 6.07) is 0. The van der Waals surface area contributed by atoms with Crippen LogP contribution in [0.2, 0.25) is 0 Å². The highest BCUT2D eigenvalue weighted by Crippen LogP contribution is 2.31. The predicted octanol–water partition coefficient (Wildman–Crippen LogP) is 1.40. The van der Waals surface area contributed by atoms with Crippen LogP contribution in [0.15, 0.2) is 4.52 Å². The van der Waals surface area contributed by atoms with Crippen molar-refractivity contribution in [2.45, 2.75) is 25.4 Å². The van der Waals surface area contributed by atoms with Gasteiger partial charge in [-0.25, -0.2) is 0 Å². The summed E-state index contributed by atoms with van der Waals surface area (Å²) in [7, 11) is 0. The van der Waals surface area contributed by atoms with Gasteiger partial charge in [-0.15, -0.1) is 0 Å². The Labute approximate surface area is 103 Å². The molecule has 3 rings (SSSR count). The Morgan fingerprint density at radius 1 is 1.47 bits per heavy atom. The number of ketones is 1. The summed E-state index contributed by atoms with van der Waals surface area (Å²) in [5.74, 6) is 3.34. The summed E-state index contributed by atoms with van der Waals surface area (Å²) >= 11 is 1.82. The van der Waals surface area contributed by atoms with E-state index in [2.05, 4.69) is 10.1 Å². The second-order valence-corrected chi connectivity index (χ2v) is 5.55. The summed E-state index contributed by atoms with van der Waals surface area (Å²) in [6.45, 7) is 0.722. The first-order valence-electron chi connectivity index (χ1n) is 5.87. The number of nitrogens with zero attached hydrogens (tertiary/aromatic N) is 2. The Bertz CT molecular complexity index is 411. The normalized spacial score (nSPS) is 24.8. The van der Waals surface area contributed by atoms with Crippen molar-refractivity contribution in [1.29, 1.82) is 0 Å². The molecule has 1 atom stereocenters. The zero-order valence-corrected chi connectivity index (χ0v) is 10.2. The summed E-state index contributed by atoms with van der Waals surface area (Å²) in [4.78, 5) is 15.8. The van der Waals surface area contributed by atoms with Gasteiger partial charge in [0.2, 0.25) is 11.7 Å². The highest BCUT2D eigenvalue weighted by Gasteiger charge is 2.31. The maximum atomic E-state index is 11.6. The second-order valence-electron chi connectivity index (χ2n) is 4.40. The highest BCUT2D eigenvalue weighted by molar-refractivity contribution is 7.99. The number of thioether (sulfide) groups is 1. The fraction of sp³-hybridized carbons (Fsp3) is 0.727. The minimum absolute atomic E-state index is 0.0812. The predicted molar refractivity (Wildman–Crippen MR) is 61.8 cm³/mol. The van der Waals surface area contributed by atoms with Crippen molar-refractivity contribution in [3.63, 3.8) is 0 Å². The minimum Gasteiger partial charge on any atom is -0.368 e. The van der Waals surface area contributed by atoms with E-state index in [1.807, 2.05) is 11.8 Å². The zero-order chi connectivity index (χ0) is 11.7. The summed E-state index contributed by atoms with van der Waals surface area (Å²) < 4.78 is 10.6. The number of ether oxygens (including phenoxy) is 1. The van der Waals surface area contributed by atoms with Gasteiger partial charge in [0.15, 0.2) is 0 Å². The summed E-state index contributed by atoms with van der Waals surface area (Å²) in [5, 5.41) is 3.90. The molecule has 1 aromatic rings. The van der Waals surface area contributed by atoms with Crippen molar-refractivity contribution >= 4 is 17.5 Å². The van der Waals surface area contributed by atoms with Gasteiger partial charge in [0, 0.05) is 17.4 Å². The van der Waals surface area contributed by atoms with E-state index in [1.54, 1.807) is 0 Å². The minimum atomic E-state index is -0.0812. The number of aromatic nitrogens is 2. The molecule has 5 nitrogen and oxygen atoms in total. The van der Waals surface area contributed by atoms with Crippen LogP contribution in [0.1, 0.15) is 30.7 Å². The zero-order valence-electron chi connectivity index (χ0n) is 9.42. The maximum absolute atomic E-state index is 11.6. The number of carbonyl (C=O) groups is 1. The average Bonchev–Trinajstić information content (AvgIpc) is 3.12. The first kappa shape index (κ1) is 11.2. The molecule has 2 aliphatic rings. The van der Waals surface area contributed by atoms with Crippen LogP contribution in [0.4, 0.5) is 0 Å². The first-order valence-corrected chi connectivity index (χ1v) is 7.03. The van der Waals surface area contributed by atoms with Crippen molar-refractivity contribution in [2.75, 3.05) is 18.1 Å². The van der Waals surface area contributed by atoms with Crippen LogP contribution in [0.5, 0.6) is 0 Å². The molecule has 1 saturated carbocycles. The van der Waals surface area contributed by atoms with E-state index in [0.717, 1.165) is 31.0 Å². The van der Waals surface area contributed by atoms with E-state index < -0.39 is 0 Å². The topological polar surface area (TPSA) is 65.2 Å². The smallest absolute Gasteiger partial charge is 0.234 e. The molecule has 0 aromatic carbocycles. The third-order valence-electron chi connectivity index (χ3n) is 2.95. The van der Waals surface area contributed by atoms with Gasteiger partial charge in [0.1, 0.15) is 11.9 Å². The SMILES string of the molecule is O=C(Cc1nc(C2CSCCO2)no1)C1CC1. The molecule has 1 aliphatic heterocycles. The first-order chi connectivity index (χ1) is 8.33. The number of hydrogen-bond donors (Lipinski definition) is 0. The molecule has 0 spiro atoms. The number of carbonyl (C=O) groups excluding carboxylic acids is 1. The Morgan fingerprint density at radius 3 is 3.06 bits per heavy atom. The third-order valence-corrected chi connectivity index (χ3v) is 3.94. The molecule has 2 heterocycles. The van der Waals surface area contributed by atoms with E-state index >= 15 is 0 Å². The Morgan fingerprint density at radius 2 is 2.35 bits per heavy atom. The molecule has 1 aromatic heterocycles. The third kappa shape index (κ3) is 2.69. The Kier molecular flexibility index (Phi) is 3.15. The molecule has 17 heavy (non-hydrogen) atoms. The molecule has 92 valence electrons. The monoisotopic (exact) mass is 254 g/mol. The van der Waals surface area contributed by atoms with Gasteiger partial charge >= 0.3 is 0 Å². The van der Waals surface area contributed by atoms with Gasteiger partial charge in [-0.1, -0.05) is 5.16 Å². The lowest BCUT2D eigenvalue weighted by molar-refractivity contribution is -0.119. The van der Waals surface area contributed by atoms with Gasteiger partial charge in [0.05, 0.1) is 13.0 Å². The molecule has 1 aliphatic carbocycles. The molecule has 0 bridgehead atoms.